The fourth-order valence-electron chi connectivity index (χ4n) is 1.70. The Balaban J connectivity index is 2.68. The summed E-state index contributed by atoms with van der Waals surface area (Å²) in [6.45, 7) is 0. The Morgan fingerprint density at radius 1 is 1.19 bits per heavy atom. The third kappa shape index (κ3) is 2.66. The largest absolute Gasteiger partial charge is 0.437 e. The van der Waals surface area contributed by atoms with Crippen LogP contribution in [0.15, 0.2) is 27.8 Å². The lowest BCUT2D eigenvalue weighted by molar-refractivity contribution is 0.421. The molecule has 0 aliphatic heterocycles. The van der Waals surface area contributed by atoms with Gasteiger partial charge in [-0.05, 0) is 18.2 Å². The molecule has 108 valence electrons. The van der Waals surface area contributed by atoms with E-state index in [-0.39, 0.29) is 22.2 Å². The quantitative estimate of drug-likeness (QED) is 0.846. The molecule has 0 amide bonds. The van der Waals surface area contributed by atoms with Crippen molar-refractivity contribution in [3.63, 3.8) is 0 Å². The van der Waals surface area contributed by atoms with Crippen molar-refractivity contribution in [2.24, 2.45) is 14.1 Å². The molecule has 2 rings (SSSR count). The van der Waals surface area contributed by atoms with Gasteiger partial charge in [0.25, 0.3) is 5.56 Å². The highest BCUT2D eigenvalue weighted by Crippen LogP contribution is 2.31. The van der Waals surface area contributed by atoms with Crippen LogP contribution >= 0.6 is 23.2 Å². The van der Waals surface area contributed by atoms with Gasteiger partial charge in [-0.2, -0.15) is 5.26 Å². The van der Waals surface area contributed by atoms with E-state index in [0.717, 1.165) is 9.13 Å². The summed E-state index contributed by atoms with van der Waals surface area (Å²) in [6, 6.07) is 6.20. The minimum Gasteiger partial charge on any atom is -0.437 e. The van der Waals surface area contributed by atoms with Crippen LogP contribution < -0.4 is 16.0 Å². The van der Waals surface area contributed by atoms with Crippen LogP contribution in [0.4, 0.5) is 0 Å². The van der Waals surface area contributed by atoms with E-state index in [4.69, 9.17) is 33.2 Å². The molecule has 1 aromatic heterocycles. The minimum atomic E-state index is -0.735. The summed E-state index contributed by atoms with van der Waals surface area (Å²) in [5, 5.41) is 9.72. The van der Waals surface area contributed by atoms with Gasteiger partial charge >= 0.3 is 5.69 Å². The van der Waals surface area contributed by atoms with Crippen LogP contribution in [0.2, 0.25) is 10.0 Å². The molecule has 8 heteroatoms. The monoisotopic (exact) mass is 325 g/mol. The van der Waals surface area contributed by atoms with Gasteiger partial charge < -0.3 is 4.74 Å². The lowest BCUT2D eigenvalue weighted by Gasteiger charge is -2.13. The van der Waals surface area contributed by atoms with E-state index in [1.165, 1.54) is 32.3 Å². The first-order valence-electron chi connectivity index (χ1n) is 5.69. The second-order valence-corrected chi connectivity index (χ2v) is 5.02. The standard InChI is InChI=1S/C13H9Cl2N3O3/c1-17-11(19)8(6-16)12(18(2)13(17)20)21-10-4-3-7(14)5-9(10)15/h3-5H,1-2H3. The Bertz CT molecular complexity index is 878. The van der Waals surface area contributed by atoms with Gasteiger partial charge in [0.1, 0.15) is 11.8 Å². The minimum absolute atomic E-state index is 0.171. The van der Waals surface area contributed by atoms with Crippen LogP contribution in [0.5, 0.6) is 11.6 Å². The predicted octanol–water partition coefficient (Wildman–Crippen LogP) is 2.05. The summed E-state index contributed by atoms with van der Waals surface area (Å²) in [6.07, 6.45) is 0. The molecule has 2 aromatic rings. The van der Waals surface area contributed by atoms with Crippen molar-refractivity contribution in [3.8, 4) is 17.7 Å². The summed E-state index contributed by atoms with van der Waals surface area (Å²) in [5.74, 6) is 0.00985. The molecular formula is C13H9Cl2N3O3. The highest BCUT2D eigenvalue weighted by atomic mass is 35.5. The van der Waals surface area contributed by atoms with Gasteiger partial charge in [-0.25, -0.2) is 4.79 Å². The number of hydrogen-bond acceptors (Lipinski definition) is 4. The molecule has 0 N–H and O–H groups in total. The van der Waals surface area contributed by atoms with Gasteiger partial charge in [-0.15, -0.1) is 0 Å². The average Bonchev–Trinajstić information content (AvgIpc) is 2.45. The predicted molar refractivity (Wildman–Crippen MR) is 78.2 cm³/mol. The van der Waals surface area contributed by atoms with E-state index in [1.807, 2.05) is 0 Å². The third-order valence-corrected chi connectivity index (χ3v) is 3.35. The molecule has 0 fully saturated rings. The van der Waals surface area contributed by atoms with Crippen molar-refractivity contribution >= 4 is 23.2 Å². The SMILES string of the molecule is Cn1c(Oc2ccc(Cl)cc2Cl)c(C#N)c(=O)n(C)c1=O. The number of nitrogens with zero attached hydrogens (tertiary/aromatic N) is 3. The van der Waals surface area contributed by atoms with Crippen molar-refractivity contribution in [2.75, 3.05) is 0 Å². The Hall–Kier alpha value is -2.23. The van der Waals surface area contributed by atoms with Crippen molar-refractivity contribution in [1.29, 1.82) is 5.26 Å². The molecule has 0 unspecified atom stereocenters. The topological polar surface area (TPSA) is 77.0 Å². The molecule has 0 radical (unpaired) electrons. The fraction of sp³-hybridized carbons (Fsp3) is 0.154. The van der Waals surface area contributed by atoms with Gasteiger partial charge in [0.05, 0.1) is 5.02 Å². The van der Waals surface area contributed by atoms with E-state index < -0.39 is 11.2 Å². The highest BCUT2D eigenvalue weighted by Gasteiger charge is 2.18. The first-order chi connectivity index (χ1) is 9.86. The van der Waals surface area contributed by atoms with Crippen molar-refractivity contribution in [2.45, 2.75) is 0 Å². The third-order valence-electron chi connectivity index (χ3n) is 2.82. The first-order valence-corrected chi connectivity index (χ1v) is 6.45. The van der Waals surface area contributed by atoms with Crippen LogP contribution in [0.1, 0.15) is 5.56 Å². The number of benzene rings is 1. The number of nitriles is 1. The zero-order valence-electron chi connectivity index (χ0n) is 11.1. The van der Waals surface area contributed by atoms with Gasteiger partial charge in [0.15, 0.2) is 5.56 Å². The Morgan fingerprint density at radius 2 is 1.86 bits per heavy atom. The zero-order valence-corrected chi connectivity index (χ0v) is 12.6. The maximum absolute atomic E-state index is 11.9. The molecule has 0 saturated heterocycles. The first kappa shape index (κ1) is 15.2. The molecule has 0 aliphatic rings. The fourth-order valence-corrected chi connectivity index (χ4v) is 2.15. The lowest BCUT2D eigenvalue weighted by Crippen LogP contribution is -2.38. The van der Waals surface area contributed by atoms with Crippen molar-refractivity contribution in [1.82, 2.24) is 9.13 Å². The second-order valence-electron chi connectivity index (χ2n) is 4.17. The number of halogens is 2. The van der Waals surface area contributed by atoms with Crippen molar-refractivity contribution in [3.05, 3.63) is 54.6 Å². The maximum Gasteiger partial charge on any atom is 0.333 e. The summed E-state index contributed by atoms with van der Waals surface area (Å²) in [4.78, 5) is 23.8. The van der Waals surface area contributed by atoms with Crippen LogP contribution in [0.25, 0.3) is 0 Å². The average molecular weight is 326 g/mol. The molecule has 21 heavy (non-hydrogen) atoms. The van der Waals surface area contributed by atoms with E-state index >= 15 is 0 Å². The molecule has 0 spiro atoms. The Morgan fingerprint density at radius 3 is 2.43 bits per heavy atom. The highest BCUT2D eigenvalue weighted by molar-refractivity contribution is 6.35. The number of ether oxygens (including phenoxy) is 1. The lowest BCUT2D eigenvalue weighted by atomic mass is 10.3. The summed E-state index contributed by atoms with van der Waals surface area (Å²) < 4.78 is 7.36. The Kier molecular flexibility index (Phi) is 4.07. The van der Waals surface area contributed by atoms with Gasteiger partial charge in [0, 0.05) is 19.1 Å². The summed E-state index contributed by atoms with van der Waals surface area (Å²) in [5.41, 5.74) is -1.63. The molecule has 0 bridgehead atoms. The van der Waals surface area contributed by atoms with Crippen molar-refractivity contribution < 1.29 is 4.74 Å². The number of hydrogen-bond donors (Lipinski definition) is 0. The number of rotatable bonds is 2. The van der Waals surface area contributed by atoms with E-state index in [9.17, 15) is 9.59 Å². The maximum atomic E-state index is 11.9. The van der Waals surface area contributed by atoms with Gasteiger partial charge in [-0.3, -0.25) is 13.9 Å². The van der Waals surface area contributed by atoms with Crippen LogP contribution in [0, 0.1) is 11.3 Å². The van der Waals surface area contributed by atoms with E-state index in [0.29, 0.717) is 5.02 Å². The Labute approximate surface area is 129 Å². The normalized spacial score (nSPS) is 10.2. The van der Waals surface area contributed by atoms with E-state index in [1.54, 1.807) is 6.07 Å². The van der Waals surface area contributed by atoms with E-state index in [2.05, 4.69) is 0 Å². The van der Waals surface area contributed by atoms with Gasteiger partial charge in [-0.1, -0.05) is 23.2 Å². The second kappa shape index (κ2) is 5.64. The molecule has 6 nitrogen and oxygen atoms in total. The van der Waals surface area contributed by atoms with Crippen LogP contribution in [-0.2, 0) is 14.1 Å². The van der Waals surface area contributed by atoms with Crippen LogP contribution in [0.3, 0.4) is 0 Å². The number of aromatic nitrogens is 2. The zero-order chi connectivity index (χ0) is 15.7. The van der Waals surface area contributed by atoms with Gasteiger partial charge in [0.2, 0.25) is 5.88 Å². The summed E-state index contributed by atoms with van der Waals surface area (Å²) >= 11 is 11.8. The molecule has 0 saturated carbocycles. The molecule has 0 aliphatic carbocycles. The molecular weight excluding hydrogens is 317 g/mol. The molecule has 0 atom stereocenters. The molecule has 1 aromatic carbocycles. The molecule has 1 heterocycles. The smallest absolute Gasteiger partial charge is 0.333 e. The summed E-state index contributed by atoms with van der Waals surface area (Å²) in [7, 11) is 2.67. The van der Waals surface area contributed by atoms with Crippen LogP contribution in [-0.4, -0.2) is 9.13 Å².